The van der Waals surface area contributed by atoms with Crippen LogP contribution >= 0.6 is 0 Å². The first-order valence-electron chi connectivity index (χ1n) is 8.93. The van der Waals surface area contributed by atoms with Gasteiger partial charge in [-0.2, -0.15) is 0 Å². The first-order valence-corrected chi connectivity index (χ1v) is 8.93. The summed E-state index contributed by atoms with van der Waals surface area (Å²) < 4.78 is 25.5. The maximum Gasteiger partial charge on any atom is 0.131 e. The van der Waals surface area contributed by atoms with Crippen molar-refractivity contribution in [1.82, 2.24) is 0 Å². The van der Waals surface area contributed by atoms with Crippen LogP contribution in [-0.2, 0) is 17.8 Å². The maximum absolute atomic E-state index is 14.3. The molecule has 0 aromatic heterocycles. The van der Waals surface area contributed by atoms with Gasteiger partial charge in [0.15, 0.2) is 0 Å². The molecular formula is C22H31FO2. The van der Waals surface area contributed by atoms with Crippen LogP contribution in [0.1, 0.15) is 52.7 Å². The summed E-state index contributed by atoms with van der Waals surface area (Å²) in [6.07, 6.45) is 0.934. The fourth-order valence-corrected chi connectivity index (χ4v) is 2.38. The van der Waals surface area contributed by atoms with Crippen molar-refractivity contribution in [3.63, 3.8) is 0 Å². The van der Waals surface area contributed by atoms with E-state index in [4.69, 9.17) is 9.47 Å². The molecule has 0 bridgehead atoms. The third kappa shape index (κ3) is 6.17. The van der Waals surface area contributed by atoms with Crippen LogP contribution in [0.5, 0.6) is 5.75 Å². The molecule has 0 spiro atoms. The predicted molar refractivity (Wildman–Crippen MR) is 104 cm³/mol. The standard InChI is InChI=1S/C20H25FO2.C2H6/c1-6-14-7-9-17(15(11-14)13-23-20(2,3)4)18-12-16(22-5)8-10-19(18)21;1-2/h7-12H,6,13H2,1-5H3;1-2H3. The summed E-state index contributed by atoms with van der Waals surface area (Å²) >= 11 is 0. The van der Waals surface area contributed by atoms with E-state index in [0.717, 1.165) is 17.5 Å². The second-order valence-corrected chi connectivity index (χ2v) is 6.59. The van der Waals surface area contributed by atoms with Gasteiger partial charge in [-0.1, -0.05) is 39.0 Å². The average molecular weight is 346 g/mol. The van der Waals surface area contributed by atoms with E-state index in [0.29, 0.717) is 17.9 Å². The summed E-state index contributed by atoms with van der Waals surface area (Å²) in [5.74, 6) is 0.385. The summed E-state index contributed by atoms with van der Waals surface area (Å²) in [4.78, 5) is 0. The van der Waals surface area contributed by atoms with Gasteiger partial charge in [0.2, 0.25) is 0 Å². The van der Waals surface area contributed by atoms with Crippen LogP contribution in [0.15, 0.2) is 36.4 Å². The van der Waals surface area contributed by atoms with Gasteiger partial charge in [0.05, 0.1) is 19.3 Å². The summed E-state index contributed by atoms with van der Waals surface area (Å²) in [7, 11) is 1.58. The second-order valence-electron chi connectivity index (χ2n) is 6.59. The Morgan fingerprint density at radius 3 is 2.20 bits per heavy atom. The van der Waals surface area contributed by atoms with Crippen molar-refractivity contribution in [3.05, 3.63) is 53.3 Å². The first-order chi connectivity index (χ1) is 11.8. The molecule has 2 aromatic carbocycles. The lowest BCUT2D eigenvalue weighted by Gasteiger charge is -2.21. The van der Waals surface area contributed by atoms with Crippen LogP contribution in [0.2, 0.25) is 0 Å². The van der Waals surface area contributed by atoms with Crippen molar-refractivity contribution in [2.24, 2.45) is 0 Å². The van der Waals surface area contributed by atoms with E-state index >= 15 is 0 Å². The van der Waals surface area contributed by atoms with Gasteiger partial charge < -0.3 is 9.47 Å². The first kappa shape index (κ1) is 21.2. The van der Waals surface area contributed by atoms with Gasteiger partial charge in [0.1, 0.15) is 11.6 Å². The fraction of sp³-hybridized carbons (Fsp3) is 0.455. The third-order valence-electron chi connectivity index (χ3n) is 3.70. The van der Waals surface area contributed by atoms with Crippen LogP contribution in [0.3, 0.4) is 0 Å². The summed E-state index contributed by atoms with van der Waals surface area (Å²) in [6, 6.07) is 10.9. The highest BCUT2D eigenvalue weighted by atomic mass is 19.1. The number of hydrogen-bond donors (Lipinski definition) is 0. The molecule has 0 saturated carbocycles. The lowest BCUT2D eigenvalue weighted by molar-refractivity contribution is -0.0147. The molecule has 0 N–H and O–H groups in total. The van der Waals surface area contributed by atoms with Crippen molar-refractivity contribution < 1.29 is 13.9 Å². The lowest BCUT2D eigenvalue weighted by Crippen LogP contribution is -2.19. The highest BCUT2D eigenvalue weighted by Gasteiger charge is 2.15. The van der Waals surface area contributed by atoms with E-state index in [2.05, 4.69) is 13.0 Å². The molecule has 0 amide bonds. The number of hydrogen-bond acceptors (Lipinski definition) is 2. The SMILES string of the molecule is CC.CCc1ccc(-c2cc(OC)ccc2F)c(COC(C)(C)C)c1. The van der Waals surface area contributed by atoms with Crippen LogP contribution < -0.4 is 4.74 Å². The van der Waals surface area contributed by atoms with Crippen LogP contribution in [-0.4, -0.2) is 12.7 Å². The predicted octanol–water partition coefficient (Wildman–Crippen LogP) is 6.41. The van der Waals surface area contributed by atoms with Crippen molar-refractivity contribution >= 4 is 0 Å². The monoisotopic (exact) mass is 346 g/mol. The summed E-state index contributed by atoms with van der Waals surface area (Å²) in [6.45, 7) is 12.6. The zero-order chi connectivity index (χ0) is 19.0. The minimum atomic E-state index is -0.257. The zero-order valence-corrected chi connectivity index (χ0v) is 16.6. The number of benzene rings is 2. The molecule has 2 nitrogen and oxygen atoms in total. The average Bonchev–Trinajstić information content (AvgIpc) is 2.61. The highest BCUT2D eigenvalue weighted by Crippen LogP contribution is 2.31. The largest absolute Gasteiger partial charge is 0.497 e. The fourth-order valence-electron chi connectivity index (χ4n) is 2.38. The number of aryl methyl sites for hydroxylation is 1. The van der Waals surface area contributed by atoms with Gasteiger partial charge in [0, 0.05) is 5.56 Å². The van der Waals surface area contributed by atoms with Crippen LogP contribution in [0, 0.1) is 5.82 Å². The third-order valence-corrected chi connectivity index (χ3v) is 3.70. The quantitative estimate of drug-likeness (QED) is 0.623. The Morgan fingerprint density at radius 2 is 1.64 bits per heavy atom. The minimum absolute atomic E-state index is 0.244. The van der Waals surface area contributed by atoms with Gasteiger partial charge in [0.25, 0.3) is 0 Å². The van der Waals surface area contributed by atoms with Gasteiger partial charge >= 0.3 is 0 Å². The number of ether oxygens (including phenoxy) is 2. The Balaban J connectivity index is 0.00000151. The Hall–Kier alpha value is -1.87. The molecule has 2 aromatic rings. The van der Waals surface area contributed by atoms with E-state index in [9.17, 15) is 4.39 Å². The highest BCUT2D eigenvalue weighted by molar-refractivity contribution is 5.69. The minimum Gasteiger partial charge on any atom is -0.497 e. The van der Waals surface area contributed by atoms with E-state index in [1.807, 2.05) is 46.8 Å². The molecule has 0 aliphatic rings. The smallest absolute Gasteiger partial charge is 0.131 e. The molecule has 0 radical (unpaired) electrons. The van der Waals surface area contributed by atoms with Gasteiger partial charge in [-0.3, -0.25) is 0 Å². The number of halogens is 1. The molecule has 0 saturated heterocycles. The Kier molecular flexibility index (Phi) is 8.11. The normalized spacial score (nSPS) is 10.9. The van der Waals surface area contributed by atoms with Crippen molar-refractivity contribution in [1.29, 1.82) is 0 Å². The van der Waals surface area contributed by atoms with Crippen LogP contribution in [0.4, 0.5) is 4.39 Å². The van der Waals surface area contributed by atoms with Gasteiger partial charge in [-0.05, 0) is 62.1 Å². The van der Waals surface area contributed by atoms with Crippen molar-refractivity contribution in [3.8, 4) is 16.9 Å². The number of methoxy groups -OCH3 is 1. The molecule has 0 atom stereocenters. The number of rotatable bonds is 5. The van der Waals surface area contributed by atoms with Gasteiger partial charge in [-0.25, -0.2) is 4.39 Å². The molecule has 0 unspecified atom stereocenters. The molecule has 0 aliphatic heterocycles. The molecule has 0 fully saturated rings. The summed E-state index contributed by atoms with van der Waals surface area (Å²) in [5, 5.41) is 0. The Morgan fingerprint density at radius 1 is 0.960 bits per heavy atom. The van der Waals surface area contributed by atoms with E-state index in [1.165, 1.54) is 11.6 Å². The topological polar surface area (TPSA) is 18.5 Å². The lowest BCUT2D eigenvalue weighted by atomic mass is 9.96. The van der Waals surface area contributed by atoms with E-state index in [1.54, 1.807) is 19.2 Å². The molecular weight excluding hydrogens is 315 g/mol. The molecule has 0 heterocycles. The van der Waals surface area contributed by atoms with Crippen molar-refractivity contribution in [2.45, 2.75) is 60.2 Å². The Labute approximate surface area is 152 Å². The summed E-state index contributed by atoms with van der Waals surface area (Å²) in [5.41, 5.74) is 3.35. The van der Waals surface area contributed by atoms with E-state index in [-0.39, 0.29) is 11.4 Å². The second kappa shape index (κ2) is 9.57. The molecule has 138 valence electrons. The Bertz CT molecular complexity index is 672. The molecule has 25 heavy (non-hydrogen) atoms. The zero-order valence-electron chi connectivity index (χ0n) is 16.6. The van der Waals surface area contributed by atoms with E-state index < -0.39 is 0 Å². The molecule has 0 aliphatic carbocycles. The molecule has 3 heteroatoms. The van der Waals surface area contributed by atoms with Gasteiger partial charge in [-0.15, -0.1) is 0 Å². The van der Waals surface area contributed by atoms with Crippen LogP contribution in [0.25, 0.3) is 11.1 Å². The van der Waals surface area contributed by atoms with Crippen molar-refractivity contribution in [2.75, 3.05) is 7.11 Å². The molecule has 2 rings (SSSR count). The maximum atomic E-state index is 14.3.